The maximum absolute atomic E-state index is 13.4. The third-order valence-corrected chi connectivity index (χ3v) is 7.99. The van der Waals surface area contributed by atoms with Crippen LogP contribution in [0.3, 0.4) is 0 Å². The Labute approximate surface area is 258 Å². The molecule has 0 amide bonds. The monoisotopic (exact) mass is 567 g/mol. The lowest BCUT2D eigenvalue weighted by Crippen LogP contribution is -2.09. The second-order valence-electron chi connectivity index (χ2n) is 10.8. The lowest BCUT2D eigenvalue weighted by Gasteiger charge is -2.26. The second kappa shape index (κ2) is 12.2. The Bertz CT molecular complexity index is 1860. The molecule has 210 valence electrons. The molecular weight excluding hydrogens is 537 g/mol. The van der Waals surface area contributed by atoms with Gasteiger partial charge < -0.3 is 4.90 Å². The average molecular weight is 568 g/mol. The Hall–Kier alpha value is -5.73. The van der Waals surface area contributed by atoms with Crippen molar-refractivity contribution in [1.29, 1.82) is 0 Å². The van der Waals surface area contributed by atoms with E-state index < -0.39 is 0 Å². The third kappa shape index (κ3) is 5.79. The average Bonchev–Trinajstić information content (AvgIpc) is 3.11. The topological polar surface area (TPSA) is 3.24 Å². The van der Waals surface area contributed by atoms with Gasteiger partial charge in [-0.05, 0) is 93.0 Å². The molecule has 0 spiro atoms. The first-order valence-electron chi connectivity index (χ1n) is 14.8. The van der Waals surface area contributed by atoms with E-state index in [1.165, 1.54) is 34.4 Å². The summed E-state index contributed by atoms with van der Waals surface area (Å²) in [5.74, 6) is -0.223. The maximum atomic E-state index is 13.4. The van der Waals surface area contributed by atoms with E-state index in [2.05, 4.69) is 150 Å². The SMILES string of the molecule is Fc1ccc(-c2ccc(-c3ccc(N(c4ccc(-c5ccccc5)cc4)c4ccc(-c5ccccc5)cc4)cc3)cc2)cc1. The predicted octanol–water partition coefficient (Wildman–Crippen LogP) is 12.0. The van der Waals surface area contributed by atoms with Crippen LogP contribution in [0, 0.1) is 5.82 Å². The largest absolute Gasteiger partial charge is 0.311 e. The Balaban J connectivity index is 1.21. The summed E-state index contributed by atoms with van der Waals surface area (Å²) in [4.78, 5) is 2.30. The Kier molecular flexibility index (Phi) is 7.55. The number of hydrogen-bond acceptors (Lipinski definition) is 1. The standard InChI is InChI=1S/C42H30FN/c43-39-23-15-35(16-24-39)33-11-13-34(14-12-33)38-21-29-42(30-22-38)44(40-25-17-36(18-26-40)31-7-3-1-4-8-31)41-27-19-37(20-28-41)32-9-5-2-6-10-32/h1-30H. The van der Waals surface area contributed by atoms with Crippen LogP contribution >= 0.6 is 0 Å². The minimum Gasteiger partial charge on any atom is -0.311 e. The molecule has 0 N–H and O–H groups in total. The lowest BCUT2D eigenvalue weighted by molar-refractivity contribution is 0.628. The van der Waals surface area contributed by atoms with Crippen LogP contribution in [0.25, 0.3) is 44.5 Å². The molecular formula is C42H30FN. The molecule has 7 rings (SSSR count). The summed E-state index contributed by atoms with van der Waals surface area (Å²) in [6, 6.07) is 62.2. The van der Waals surface area contributed by atoms with E-state index in [4.69, 9.17) is 0 Å². The zero-order valence-electron chi connectivity index (χ0n) is 24.1. The molecule has 0 radical (unpaired) electrons. The van der Waals surface area contributed by atoms with Gasteiger partial charge in [0.1, 0.15) is 5.82 Å². The van der Waals surface area contributed by atoms with Gasteiger partial charge in [-0.15, -0.1) is 0 Å². The molecule has 0 unspecified atom stereocenters. The van der Waals surface area contributed by atoms with E-state index in [0.29, 0.717) is 0 Å². The van der Waals surface area contributed by atoms with E-state index in [1.807, 2.05) is 24.3 Å². The van der Waals surface area contributed by atoms with Gasteiger partial charge in [0.15, 0.2) is 0 Å². The van der Waals surface area contributed by atoms with Crippen molar-refractivity contribution in [2.24, 2.45) is 0 Å². The number of hydrogen-bond donors (Lipinski definition) is 0. The van der Waals surface area contributed by atoms with Crippen LogP contribution in [-0.4, -0.2) is 0 Å². The number of halogens is 1. The molecule has 0 aliphatic carbocycles. The summed E-state index contributed by atoms with van der Waals surface area (Å²) in [5.41, 5.74) is 12.4. The summed E-state index contributed by atoms with van der Waals surface area (Å²) in [6.07, 6.45) is 0. The highest BCUT2D eigenvalue weighted by Crippen LogP contribution is 2.37. The van der Waals surface area contributed by atoms with E-state index >= 15 is 0 Å². The molecule has 2 heteroatoms. The molecule has 0 aliphatic rings. The molecule has 0 atom stereocenters. The van der Waals surface area contributed by atoms with Gasteiger partial charge in [-0.2, -0.15) is 0 Å². The quantitative estimate of drug-likeness (QED) is 0.185. The first kappa shape index (κ1) is 27.1. The molecule has 44 heavy (non-hydrogen) atoms. The van der Waals surface area contributed by atoms with Crippen molar-refractivity contribution in [3.63, 3.8) is 0 Å². The fraction of sp³-hybridized carbons (Fsp3) is 0. The van der Waals surface area contributed by atoms with Crippen molar-refractivity contribution in [2.45, 2.75) is 0 Å². The summed E-state index contributed by atoms with van der Waals surface area (Å²) in [6.45, 7) is 0. The zero-order chi connectivity index (χ0) is 29.7. The Morgan fingerprint density at radius 2 is 0.477 bits per heavy atom. The van der Waals surface area contributed by atoms with Gasteiger partial charge in [0.2, 0.25) is 0 Å². The van der Waals surface area contributed by atoms with Gasteiger partial charge in [-0.1, -0.05) is 133 Å². The normalized spacial score (nSPS) is 10.8. The maximum Gasteiger partial charge on any atom is 0.123 e. The minimum absolute atomic E-state index is 0.223. The molecule has 0 bridgehead atoms. The Morgan fingerprint density at radius 3 is 0.773 bits per heavy atom. The predicted molar refractivity (Wildman–Crippen MR) is 183 cm³/mol. The minimum atomic E-state index is -0.223. The van der Waals surface area contributed by atoms with Gasteiger partial charge >= 0.3 is 0 Å². The molecule has 0 saturated carbocycles. The molecule has 0 aromatic heterocycles. The molecule has 0 aliphatic heterocycles. The highest BCUT2D eigenvalue weighted by atomic mass is 19.1. The zero-order valence-corrected chi connectivity index (χ0v) is 24.1. The molecule has 7 aromatic carbocycles. The van der Waals surface area contributed by atoms with Crippen LogP contribution in [0.1, 0.15) is 0 Å². The highest BCUT2D eigenvalue weighted by molar-refractivity contribution is 5.81. The van der Waals surface area contributed by atoms with Crippen LogP contribution in [0.5, 0.6) is 0 Å². The number of anilines is 3. The number of rotatable bonds is 7. The van der Waals surface area contributed by atoms with Gasteiger partial charge in [0.25, 0.3) is 0 Å². The fourth-order valence-electron chi connectivity index (χ4n) is 5.61. The van der Waals surface area contributed by atoms with Crippen molar-refractivity contribution in [3.8, 4) is 44.5 Å². The van der Waals surface area contributed by atoms with Crippen LogP contribution in [-0.2, 0) is 0 Å². The van der Waals surface area contributed by atoms with Crippen molar-refractivity contribution >= 4 is 17.1 Å². The van der Waals surface area contributed by atoms with E-state index in [-0.39, 0.29) is 5.82 Å². The smallest absolute Gasteiger partial charge is 0.123 e. The first-order chi connectivity index (χ1) is 21.7. The summed E-state index contributed by atoms with van der Waals surface area (Å²) >= 11 is 0. The Morgan fingerprint density at radius 1 is 0.250 bits per heavy atom. The summed E-state index contributed by atoms with van der Waals surface area (Å²) in [7, 11) is 0. The molecule has 0 heterocycles. The van der Waals surface area contributed by atoms with Crippen molar-refractivity contribution in [2.75, 3.05) is 4.90 Å². The molecule has 0 fully saturated rings. The number of nitrogens with zero attached hydrogens (tertiary/aromatic N) is 1. The van der Waals surface area contributed by atoms with E-state index in [0.717, 1.165) is 39.3 Å². The second-order valence-corrected chi connectivity index (χ2v) is 10.8. The summed E-state index contributed by atoms with van der Waals surface area (Å²) < 4.78 is 13.4. The van der Waals surface area contributed by atoms with Crippen LogP contribution in [0.15, 0.2) is 182 Å². The molecule has 7 aromatic rings. The lowest BCUT2D eigenvalue weighted by atomic mass is 10.00. The van der Waals surface area contributed by atoms with Gasteiger partial charge in [-0.25, -0.2) is 4.39 Å². The van der Waals surface area contributed by atoms with Crippen LogP contribution in [0.2, 0.25) is 0 Å². The van der Waals surface area contributed by atoms with Gasteiger partial charge in [-0.3, -0.25) is 0 Å². The molecule has 0 saturated heterocycles. The van der Waals surface area contributed by atoms with Crippen molar-refractivity contribution in [1.82, 2.24) is 0 Å². The van der Waals surface area contributed by atoms with E-state index in [9.17, 15) is 4.39 Å². The van der Waals surface area contributed by atoms with Crippen LogP contribution < -0.4 is 4.90 Å². The highest BCUT2D eigenvalue weighted by Gasteiger charge is 2.14. The van der Waals surface area contributed by atoms with Crippen LogP contribution in [0.4, 0.5) is 21.5 Å². The van der Waals surface area contributed by atoms with E-state index in [1.54, 1.807) is 0 Å². The van der Waals surface area contributed by atoms with Gasteiger partial charge in [0.05, 0.1) is 0 Å². The molecule has 1 nitrogen and oxygen atoms in total. The fourth-order valence-corrected chi connectivity index (χ4v) is 5.61. The van der Waals surface area contributed by atoms with Crippen molar-refractivity contribution < 1.29 is 4.39 Å². The van der Waals surface area contributed by atoms with Crippen molar-refractivity contribution in [3.05, 3.63) is 188 Å². The summed E-state index contributed by atoms with van der Waals surface area (Å²) in [5, 5.41) is 0. The third-order valence-electron chi connectivity index (χ3n) is 7.99. The first-order valence-corrected chi connectivity index (χ1v) is 14.8. The number of benzene rings is 7. The van der Waals surface area contributed by atoms with Gasteiger partial charge in [0, 0.05) is 17.1 Å².